The number of halogens is 1. The van der Waals surface area contributed by atoms with Gasteiger partial charge in [-0.2, -0.15) is 0 Å². The normalized spacial score (nSPS) is 8.17. The molecule has 0 bridgehead atoms. The van der Waals surface area contributed by atoms with Crippen LogP contribution in [-0.2, 0) is 0 Å². The molecule has 0 unspecified atom stereocenters. The highest BCUT2D eigenvalue weighted by Gasteiger charge is 1.91. The summed E-state index contributed by atoms with van der Waals surface area (Å²) in [6, 6.07) is 0. The molecule has 2 N–H and O–H groups in total. The van der Waals surface area contributed by atoms with E-state index in [4.69, 9.17) is 16.7 Å². The lowest BCUT2D eigenvalue weighted by Gasteiger charge is -2.01. The van der Waals surface area contributed by atoms with Crippen LogP contribution in [0.2, 0.25) is 0 Å². The Morgan fingerprint density at radius 3 is 1.87 bits per heavy atom. The van der Waals surface area contributed by atoms with Crippen LogP contribution in [0, 0.1) is 0 Å². The van der Waals surface area contributed by atoms with E-state index >= 15 is 0 Å². The molecule has 0 heterocycles. The fraction of sp³-hybridized carbons (Fsp3) is 0.500. The Morgan fingerprint density at radius 1 is 1.04 bits per heavy atom. The largest absolute Gasteiger partial charge is 0.516 e. The first-order chi connectivity index (χ1) is 11.1. The molecule has 2 nitrogen and oxygen atoms in total. The number of hydrogen-bond donors (Lipinski definition) is 2. The van der Waals surface area contributed by atoms with Gasteiger partial charge in [0.2, 0.25) is 0 Å². The van der Waals surface area contributed by atoms with Gasteiger partial charge in [0.1, 0.15) is 0 Å². The lowest BCUT2D eigenvalue weighted by molar-refractivity contribution is 0.476. The molecule has 0 saturated heterocycles. The first kappa shape index (κ1) is 29.6. The lowest BCUT2D eigenvalue weighted by Crippen LogP contribution is -2.05. The number of nitrogens with one attached hydrogen (secondary N) is 1. The quantitative estimate of drug-likeness (QED) is 0.248. The monoisotopic (exact) mass is 343 g/mol. The fourth-order valence-electron chi connectivity index (χ4n) is 1.31. The number of aliphatic hydroxyl groups is 1. The fourth-order valence-corrected chi connectivity index (χ4v) is 1.45. The van der Waals surface area contributed by atoms with Crippen LogP contribution in [0.1, 0.15) is 59.3 Å². The molecular formula is C20H38ClNO. The molecule has 0 radical (unpaired) electrons. The molecule has 0 atom stereocenters. The van der Waals surface area contributed by atoms with Crippen molar-refractivity contribution < 1.29 is 5.11 Å². The second-order valence-electron chi connectivity index (χ2n) is 4.14. The first-order valence-corrected chi connectivity index (χ1v) is 8.64. The number of allylic oxidation sites excluding steroid dienone is 4. The molecule has 0 amide bonds. The third-order valence-corrected chi connectivity index (χ3v) is 2.43. The Labute approximate surface area is 150 Å². The van der Waals surface area contributed by atoms with Gasteiger partial charge in [0.15, 0.2) is 0 Å². The molecule has 136 valence electrons. The van der Waals surface area contributed by atoms with Crippen LogP contribution in [0.25, 0.3) is 0 Å². The maximum atomic E-state index is 7.33. The second kappa shape index (κ2) is 37.1. The van der Waals surface area contributed by atoms with E-state index in [-0.39, 0.29) is 0 Å². The summed E-state index contributed by atoms with van der Waals surface area (Å²) < 4.78 is 0. The average molecular weight is 344 g/mol. The van der Waals surface area contributed by atoms with E-state index in [1.165, 1.54) is 32.1 Å². The third-order valence-electron chi connectivity index (χ3n) is 2.24. The van der Waals surface area contributed by atoms with Crippen molar-refractivity contribution in [2.75, 3.05) is 6.54 Å². The van der Waals surface area contributed by atoms with Gasteiger partial charge in [-0.1, -0.05) is 89.3 Å². The van der Waals surface area contributed by atoms with Crippen LogP contribution < -0.4 is 5.32 Å². The van der Waals surface area contributed by atoms with Crippen LogP contribution in [0.3, 0.4) is 0 Å². The van der Waals surface area contributed by atoms with Crippen LogP contribution in [0.4, 0.5) is 0 Å². The minimum absolute atomic E-state index is 0.750. The van der Waals surface area contributed by atoms with E-state index < -0.39 is 0 Å². The molecule has 0 saturated carbocycles. The average Bonchev–Trinajstić information content (AvgIpc) is 2.54. The van der Waals surface area contributed by atoms with E-state index in [2.05, 4.69) is 31.6 Å². The Kier molecular flexibility index (Phi) is 47.7. The van der Waals surface area contributed by atoms with Gasteiger partial charge >= 0.3 is 0 Å². The van der Waals surface area contributed by atoms with Crippen molar-refractivity contribution >= 4 is 11.6 Å². The summed E-state index contributed by atoms with van der Waals surface area (Å²) in [5, 5.41) is 11.2. The Balaban J connectivity index is -0.000000149. The van der Waals surface area contributed by atoms with Gasteiger partial charge in [0, 0.05) is 11.6 Å². The predicted molar refractivity (Wildman–Crippen MR) is 110 cm³/mol. The van der Waals surface area contributed by atoms with E-state index in [1.807, 2.05) is 32.9 Å². The topological polar surface area (TPSA) is 32.3 Å². The smallest absolute Gasteiger partial charge is 0.0719 e. The van der Waals surface area contributed by atoms with Crippen molar-refractivity contribution in [3.63, 3.8) is 0 Å². The maximum absolute atomic E-state index is 7.33. The lowest BCUT2D eigenvalue weighted by atomic mass is 10.1. The molecule has 0 aromatic rings. The van der Waals surface area contributed by atoms with E-state index in [0.29, 0.717) is 0 Å². The molecule has 3 heteroatoms. The van der Waals surface area contributed by atoms with Crippen LogP contribution in [-0.4, -0.2) is 11.7 Å². The van der Waals surface area contributed by atoms with E-state index in [0.717, 1.165) is 24.3 Å². The van der Waals surface area contributed by atoms with Crippen LogP contribution in [0.5, 0.6) is 0 Å². The number of rotatable bonds is 10. The summed E-state index contributed by atoms with van der Waals surface area (Å²) in [4.78, 5) is 0. The molecular weight excluding hydrogens is 306 g/mol. The summed E-state index contributed by atoms with van der Waals surface area (Å²) in [5.41, 5.74) is 0. The summed E-state index contributed by atoms with van der Waals surface area (Å²) in [6.07, 6.45) is 15.3. The second-order valence-corrected chi connectivity index (χ2v) is 4.67. The van der Waals surface area contributed by atoms with Crippen molar-refractivity contribution in [3.8, 4) is 0 Å². The molecule has 0 spiro atoms. The van der Waals surface area contributed by atoms with Crippen molar-refractivity contribution in [1.29, 1.82) is 0 Å². The summed E-state index contributed by atoms with van der Waals surface area (Å²) in [7, 11) is 0. The van der Waals surface area contributed by atoms with Crippen molar-refractivity contribution in [3.05, 3.63) is 62.0 Å². The molecule has 23 heavy (non-hydrogen) atoms. The Bertz CT molecular complexity index is 273. The van der Waals surface area contributed by atoms with Gasteiger partial charge < -0.3 is 10.4 Å². The zero-order valence-corrected chi connectivity index (χ0v) is 16.2. The maximum Gasteiger partial charge on any atom is 0.0719 e. The molecule has 0 fully saturated rings. The molecule has 0 rings (SSSR count). The summed E-state index contributed by atoms with van der Waals surface area (Å²) >= 11 is 5.64. The minimum atomic E-state index is 0.750. The van der Waals surface area contributed by atoms with Gasteiger partial charge in [-0.3, -0.25) is 0 Å². The van der Waals surface area contributed by atoms with Crippen molar-refractivity contribution in [2.24, 2.45) is 0 Å². The molecule has 0 aliphatic rings. The Hall–Kier alpha value is -1.41. The van der Waals surface area contributed by atoms with Gasteiger partial charge in [0.05, 0.1) is 6.26 Å². The highest BCUT2D eigenvalue weighted by Crippen LogP contribution is 2.11. The highest BCUT2D eigenvalue weighted by molar-refractivity contribution is 6.29. The number of aliphatic hydroxyl groups excluding tert-OH is 1. The summed E-state index contributed by atoms with van der Waals surface area (Å²) in [6.45, 7) is 20.6. The van der Waals surface area contributed by atoms with Gasteiger partial charge in [-0.15, -0.1) is 0 Å². The van der Waals surface area contributed by atoms with Gasteiger partial charge in [0.25, 0.3) is 0 Å². The first-order valence-electron chi connectivity index (χ1n) is 8.27. The van der Waals surface area contributed by atoms with Crippen molar-refractivity contribution in [2.45, 2.75) is 59.3 Å². The zero-order valence-electron chi connectivity index (χ0n) is 15.5. The zero-order chi connectivity index (χ0) is 18.8. The van der Waals surface area contributed by atoms with Crippen LogP contribution in [0.15, 0.2) is 62.0 Å². The molecule has 0 aliphatic heterocycles. The van der Waals surface area contributed by atoms with Crippen molar-refractivity contribution in [1.82, 2.24) is 5.32 Å². The van der Waals surface area contributed by atoms with Gasteiger partial charge in [-0.05, 0) is 32.4 Å². The standard InChI is InChI=1S/C11H20ClN.C5H8.C2H4O.C2H6/c1-3-13-10-8-6-4-5-7-9-11(2)12;1-3-5-4-2;1-2-3;1-2/h3,13H,1-2,4-10H2;3-5H,1H2,2H3;2-3H,1H2;1-2H3/b;5-4+;;. The molecule has 0 aromatic carbocycles. The number of hydrogen-bond acceptors (Lipinski definition) is 2. The third kappa shape index (κ3) is 63.4. The van der Waals surface area contributed by atoms with Crippen LogP contribution >= 0.6 is 11.6 Å². The predicted octanol–water partition coefficient (Wildman–Crippen LogP) is 7.28. The van der Waals surface area contributed by atoms with E-state index in [1.54, 1.807) is 12.3 Å². The molecule has 0 aromatic heterocycles. The van der Waals surface area contributed by atoms with Gasteiger partial charge in [-0.25, -0.2) is 0 Å². The molecule has 0 aliphatic carbocycles. The summed E-state index contributed by atoms with van der Waals surface area (Å²) in [5.74, 6) is 0. The van der Waals surface area contributed by atoms with E-state index in [9.17, 15) is 0 Å². The number of unbranched alkanes of at least 4 members (excludes halogenated alkanes) is 4. The minimum Gasteiger partial charge on any atom is -0.516 e. The SMILES string of the molecule is C=C/C=C/C.C=CNCCCCCCCC(=C)Cl.C=CO.CC. The Morgan fingerprint density at radius 2 is 1.52 bits per heavy atom. The highest BCUT2D eigenvalue weighted by atomic mass is 35.5.